The van der Waals surface area contributed by atoms with Crippen LogP contribution in [0.4, 0.5) is 0 Å². The summed E-state index contributed by atoms with van der Waals surface area (Å²) < 4.78 is 19.6. The van der Waals surface area contributed by atoms with E-state index in [-0.39, 0.29) is 25.5 Å². The van der Waals surface area contributed by atoms with Crippen LogP contribution in [0.2, 0.25) is 0 Å². The van der Waals surface area contributed by atoms with Crippen LogP contribution in [0.3, 0.4) is 0 Å². The van der Waals surface area contributed by atoms with Crippen LogP contribution in [0.5, 0.6) is 5.75 Å². The van der Waals surface area contributed by atoms with Crippen LogP contribution in [0.15, 0.2) is 27.6 Å². The van der Waals surface area contributed by atoms with Gasteiger partial charge in [0.2, 0.25) is 5.75 Å². The van der Waals surface area contributed by atoms with E-state index >= 15 is 0 Å². The third-order valence-electron chi connectivity index (χ3n) is 2.97. The van der Waals surface area contributed by atoms with E-state index in [0.717, 1.165) is 5.22 Å². The number of fused-ring (bicyclic) bond motifs is 1. The Kier molecular flexibility index (Phi) is 5.24. The molecule has 1 aliphatic rings. The molecule has 0 N–H and O–H groups in total. The van der Waals surface area contributed by atoms with Crippen molar-refractivity contribution in [1.82, 2.24) is 0 Å². The second kappa shape index (κ2) is 7.35. The maximum Gasteiger partial charge on any atom is 0.412 e. The smallest absolute Gasteiger partial charge is 0.412 e. The number of esters is 2. The highest BCUT2D eigenvalue weighted by atomic mass is 16.6. The lowest BCUT2D eigenvalue weighted by molar-refractivity contribution is -0.140. The van der Waals surface area contributed by atoms with E-state index in [1.54, 1.807) is 12.1 Å². The van der Waals surface area contributed by atoms with Crippen molar-refractivity contribution in [3.05, 3.63) is 33.3 Å². The molecule has 0 saturated heterocycles. The van der Waals surface area contributed by atoms with Crippen LogP contribution in [0.25, 0.3) is 6.08 Å². The zero-order valence-electron chi connectivity index (χ0n) is 12.3. The third-order valence-corrected chi connectivity index (χ3v) is 2.97. The van der Waals surface area contributed by atoms with Crippen LogP contribution in [0, 0.1) is 0 Å². The summed E-state index contributed by atoms with van der Waals surface area (Å²) in [4.78, 5) is 26.9. The number of nitrogens with zero attached hydrogens (tertiary/aromatic N) is 1. The Morgan fingerprint density at radius 2 is 2.18 bits per heavy atom. The minimum absolute atomic E-state index is 0.0198. The van der Waals surface area contributed by atoms with E-state index in [0.29, 0.717) is 11.2 Å². The zero-order valence-corrected chi connectivity index (χ0v) is 12.3. The molecule has 0 amide bonds. The standard InChI is InChI=1S/C15H16NO6/c1-19-14(17)8-11(15(18)20-2)16-6-5-10-3-4-12-13(7-10)22-9-21-12/h3-5,7H,6,8-9H2,1-2H3/q+1. The molecular formula is C15H16NO6+. The van der Waals surface area contributed by atoms with Crippen LogP contribution >= 0.6 is 0 Å². The normalized spacial score (nSPS) is 13.9. The Morgan fingerprint density at radius 1 is 1.36 bits per heavy atom. The van der Waals surface area contributed by atoms with E-state index in [4.69, 9.17) is 9.16 Å². The average molecular weight is 306 g/mol. The maximum absolute atomic E-state index is 11.5. The molecular weight excluding hydrogens is 290 g/mol. The summed E-state index contributed by atoms with van der Waals surface area (Å²) >= 11 is 0. The van der Waals surface area contributed by atoms with Gasteiger partial charge in [0.1, 0.15) is 5.71 Å². The molecule has 0 spiro atoms. The molecule has 0 radical (unpaired) electrons. The number of methoxy groups -OCH3 is 2. The first kappa shape index (κ1) is 15.7. The quantitative estimate of drug-likeness (QED) is 0.420. The van der Waals surface area contributed by atoms with Crippen LogP contribution in [-0.2, 0) is 19.1 Å². The van der Waals surface area contributed by atoms with Crippen LogP contribution < -0.4 is 15.4 Å². The molecule has 0 unspecified atom stereocenters. The highest BCUT2D eigenvalue weighted by molar-refractivity contribution is 6.39. The molecule has 1 aromatic carbocycles. The molecule has 0 fully saturated rings. The topological polar surface area (TPSA) is 85.5 Å². The van der Waals surface area contributed by atoms with E-state index < -0.39 is 11.9 Å². The Balaban J connectivity index is 2.13. The third kappa shape index (κ3) is 3.91. The molecule has 22 heavy (non-hydrogen) atoms. The number of benzene rings is 1. The summed E-state index contributed by atoms with van der Waals surface area (Å²) in [7, 11) is 2.48. The minimum Gasteiger partial charge on any atom is -0.469 e. The number of carbonyl (C=O) groups is 2. The molecule has 0 saturated carbocycles. The predicted molar refractivity (Wildman–Crippen MR) is 78.8 cm³/mol. The number of carbonyl (C=O) groups excluding carboxylic acids is 2. The molecule has 7 nitrogen and oxygen atoms in total. The lowest BCUT2D eigenvalue weighted by Crippen LogP contribution is -2.21. The van der Waals surface area contributed by atoms with Gasteiger partial charge in [-0.2, -0.15) is 0 Å². The highest BCUT2D eigenvalue weighted by Gasteiger charge is 2.16. The molecule has 0 bridgehead atoms. The first-order chi connectivity index (χ1) is 10.6. The Hall–Kier alpha value is -2.70. The predicted octanol–water partition coefficient (Wildman–Crippen LogP) is -0.391. The van der Waals surface area contributed by atoms with Gasteiger partial charge in [0.25, 0.3) is 0 Å². The SMILES string of the molecule is COC(=O)CC(=NCC=c1ccc2c(c1)OC[O+]=2)C(=O)OC. The van der Waals surface area contributed by atoms with Gasteiger partial charge in [0.05, 0.1) is 27.2 Å². The summed E-state index contributed by atoms with van der Waals surface area (Å²) in [5.41, 5.74) is 0.716. The second-order valence-electron chi connectivity index (χ2n) is 4.35. The number of rotatable bonds is 5. The lowest BCUT2D eigenvalue weighted by atomic mass is 10.2. The summed E-state index contributed by atoms with van der Waals surface area (Å²) in [6.45, 7) is 0.434. The van der Waals surface area contributed by atoms with Gasteiger partial charge < -0.3 is 14.2 Å². The van der Waals surface area contributed by atoms with Crippen molar-refractivity contribution in [2.24, 2.45) is 4.99 Å². The van der Waals surface area contributed by atoms with Gasteiger partial charge >= 0.3 is 24.2 Å². The number of hydrogen-bond donors (Lipinski definition) is 0. The van der Waals surface area contributed by atoms with Crippen molar-refractivity contribution >= 4 is 23.7 Å². The van der Waals surface area contributed by atoms with Gasteiger partial charge in [0.15, 0.2) is 0 Å². The van der Waals surface area contributed by atoms with Crippen LogP contribution in [-0.4, -0.2) is 45.2 Å². The Bertz CT molecular complexity index is 722. The number of aliphatic imine (C=N–C) groups is 1. The molecule has 0 aromatic heterocycles. The van der Waals surface area contributed by atoms with Gasteiger partial charge in [-0.1, -0.05) is 6.08 Å². The van der Waals surface area contributed by atoms with Gasteiger partial charge in [-0.15, -0.1) is 0 Å². The van der Waals surface area contributed by atoms with Crippen molar-refractivity contribution in [2.75, 3.05) is 27.6 Å². The highest BCUT2D eigenvalue weighted by Crippen LogP contribution is 2.03. The van der Waals surface area contributed by atoms with Gasteiger partial charge in [-0.25, -0.2) is 9.22 Å². The Morgan fingerprint density at radius 3 is 2.91 bits per heavy atom. The summed E-state index contributed by atoms with van der Waals surface area (Å²) in [6, 6.07) is 5.46. The van der Waals surface area contributed by atoms with Gasteiger partial charge in [0, 0.05) is 6.07 Å². The maximum atomic E-state index is 11.5. The van der Waals surface area contributed by atoms with Crippen molar-refractivity contribution in [3.8, 4) is 5.75 Å². The number of ether oxygens (including phenoxy) is 3. The van der Waals surface area contributed by atoms with Crippen molar-refractivity contribution in [1.29, 1.82) is 0 Å². The van der Waals surface area contributed by atoms with E-state index in [1.807, 2.05) is 12.1 Å². The molecule has 0 atom stereocenters. The van der Waals surface area contributed by atoms with E-state index in [2.05, 4.69) is 14.5 Å². The molecule has 1 heterocycles. The van der Waals surface area contributed by atoms with E-state index in [9.17, 15) is 9.59 Å². The fourth-order valence-electron chi connectivity index (χ4n) is 1.82. The Labute approximate surface area is 126 Å². The zero-order chi connectivity index (χ0) is 15.9. The minimum atomic E-state index is -0.649. The monoisotopic (exact) mass is 306 g/mol. The van der Waals surface area contributed by atoms with Gasteiger partial charge in [-0.3, -0.25) is 9.79 Å². The van der Waals surface area contributed by atoms with Crippen molar-refractivity contribution < 1.29 is 23.8 Å². The van der Waals surface area contributed by atoms with E-state index in [1.165, 1.54) is 14.2 Å². The largest absolute Gasteiger partial charge is 0.469 e. The average Bonchev–Trinajstić information content (AvgIpc) is 3.00. The van der Waals surface area contributed by atoms with Gasteiger partial charge in [-0.05, 0) is 17.4 Å². The second-order valence-corrected chi connectivity index (χ2v) is 4.35. The molecule has 0 aliphatic carbocycles. The fraction of sp³-hybridized carbons (Fsp3) is 0.333. The first-order valence-corrected chi connectivity index (χ1v) is 6.55. The molecule has 1 aromatic rings. The van der Waals surface area contributed by atoms with Crippen LogP contribution in [0.1, 0.15) is 6.42 Å². The lowest BCUT2D eigenvalue weighted by Gasteiger charge is -2.02. The summed E-state index contributed by atoms with van der Waals surface area (Å²) in [6.07, 6.45) is 1.57. The number of hydrogen-bond acceptors (Lipinski definition) is 6. The fourth-order valence-corrected chi connectivity index (χ4v) is 1.82. The molecule has 2 rings (SSSR count). The molecule has 7 heteroatoms. The summed E-state index contributed by atoms with van der Waals surface area (Å²) in [5, 5.41) is 0.871. The van der Waals surface area contributed by atoms with Crippen molar-refractivity contribution in [3.63, 3.8) is 0 Å². The first-order valence-electron chi connectivity index (χ1n) is 6.55. The summed E-state index contributed by atoms with van der Waals surface area (Å²) in [5.74, 6) is -0.530. The molecule has 116 valence electrons. The molecule has 1 aliphatic heterocycles. The van der Waals surface area contributed by atoms with Crippen molar-refractivity contribution in [2.45, 2.75) is 6.42 Å².